The fourth-order valence-corrected chi connectivity index (χ4v) is 4.16. The fraction of sp³-hybridized carbons (Fsp3) is 0.889. The first-order chi connectivity index (χ1) is 16.0. The lowest BCUT2D eigenvalue weighted by molar-refractivity contribution is -0.143. The third-order valence-electron chi connectivity index (χ3n) is 6.29. The lowest BCUT2D eigenvalue weighted by Crippen LogP contribution is -2.41. The highest BCUT2D eigenvalue weighted by molar-refractivity contribution is 5.83. The van der Waals surface area contributed by atoms with Crippen molar-refractivity contribution in [3.8, 4) is 0 Å². The molecule has 194 valence electrons. The van der Waals surface area contributed by atoms with E-state index in [0.29, 0.717) is 6.42 Å². The van der Waals surface area contributed by atoms with E-state index in [-0.39, 0.29) is 18.7 Å². The number of aliphatic carboxylic acids is 2. The number of nitrogens with one attached hydrogen (secondary N) is 1. The standard InChI is InChI=1S/C27H51NO5/c1-2-3-4-5-6-7-8-9-10-11-12-13-14-15-16-17-18-19-20-21-25(29)28-24(27(32)33)22-23-26(30)31/h24H,2-23H2,1H3,(H,28,29)(H,30,31)(H,32,33). The summed E-state index contributed by atoms with van der Waals surface area (Å²) >= 11 is 0. The van der Waals surface area contributed by atoms with Gasteiger partial charge in [-0.3, -0.25) is 9.59 Å². The first kappa shape index (κ1) is 31.4. The van der Waals surface area contributed by atoms with Crippen LogP contribution in [0.1, 0.15) is 148 Å². The van der Waals surface area contributed by atoms with E-state index in [1.54, 1.807) is 0 Å². The van der Waals surface area contributed by atoms with Gasteiger partial charge in [0.05, 0.1) is 0 Å². The van der Waals surface area contributed by atoms with Gasteiger partial charge in [-0.05, 0) is 12.8 Å². The summed E-state index contributed by atoms with van der Waals surface area (Å²) in [7, 11) is 0. The number of carboxylic acid groups (broad SMARTS) is 2. The van der Waals surface area contributed by atoms with Gasteiger partial charge in [0.1, 0.15) is 6.04 Å². The topological polar surface area (TPSA) is 104 Å². The molecule has 0 fully saturated rings. The fourth-order valence-electron chi connectivity index (χ4n) is 4.16. The SMILES string of the molecule is CCCCCCCCCCCCCCCCCCCCCC(=O)NC(CCC(=O)O)C(=O)O. The first-order valence-corrected chi connectivity index (χ1v) is 13.7. The minimum Gasteiger partial charge on any atom is -0.481 e. The average Bonchev–Trinajstić information content (AvgIpc) is 2.77. The van der Waals surface area contributed by atoms with Crippen LogP contribution in [-0.2, 0) is 14.4 Å². The molecule has 0 saturated heterocycles. The van der Waals surface area contributed by atoms with Crippen LogP contribution in [-0.4, -0.2) is 34.1 Å². The van der Waals surface area contributed by atoms with Gasteiger partial charge >= 0.3 is 11.9 Å². The Morgan fingerprint density at radius 3 is 1.27 bits per heavy atom. The molecule has 0 aliphatic carbocycles. The van der Waals surface area contributed by atoms with Gasteiger partial charge in [-0.1, -0.05) is 122 Å². The molecule has 0 aromatic carbocycles. The zero-order valence-electron chi connectivity index (χ0n) is 21.3. The monoisotopic (exact) mass is 469 g/mol. The molecule has 0 aromatic rings. The molecule has 0 aliphatic heterocycles. The van der Waals surface area contributed by atoms with Crippen LogP contribution in [0, 0.1) is 0 Å². The summed E-state index contributed by atoms with van der Waals surface area (Å²) in [5.74, 6) is -2.55. The van der Waals surface area contributed by atoms with Crippen LogP contribution in [0.2, 0.25) is 0 Å². The number of carbonyl (C=O) groups is 3. The Labute approximate surface area is 202 Å². The van der Waals surface area contributed by atoms with Gasteiger partial charge in [0.25, 0.3) is 0 Å². The smallest absolute Gasteiger partial charge is 0.326 e. The van der Waals surface area contributed by atoms with Crippen LogP contribution >= 0.6 is 0 Å². The Bertz CT molecular complexity index is 495. The molecule has 1 unspecified atom stereocenters. The largest absolute Gasteiger partial charge is 0.481 e. The summed E-state index contributed by atoms with van der Waals surface area (Å²) in [6, 6.07) is -1.12. The second-order valence-corrected chi connectivity index (χ2v) is 9.50. The lowest BCUT2D eigenvalue weighted by atomic mass is 10.0. The maximum atomic E-state index is 11.9. The molecule has 33 heavy (non-hydrogen) atoms. The molecule has 0 saturated carbocycles. The summed E-state index contributed by atoms with van der Waals surface area (Å²) in [5.41, 5.74) is 0. The van der Waals surface area contributed by atoms with E-state index < -0.39 is 18.0 Å². The Hall–Kier alpha value is -1.59. The number of carbonyl (C=O) groups excluding carboxylic acids is 1. The highest BCUT2D eigenvalue weighted by Crippen LogP contribution is 2.15. The van der Waals surface area contributed by atoms with Gasteiger partial charge in [0, 0.05) is 12.8 Å². The number of unbranched alkanes of at least 4 members (excludes halogenated alkanes) is 18. The summed E-state index contributed by atoms with van der Waals surface area (Å²) in [6.45, 7) is 2.27. The second kappa shape index (κ2) is 23.6. The van der Waals surface area contributed by atoms with Crippen LogP contribution in [0.5, 0.6) is 0 Å². The zero-order valence-corrected chi connectivity index (χ0v) is 21.3. The average molecular weight is 470 g/mol. The Balaban J connectivity index is 3.37. The van der Waals surface area contributed by atoms with Crippen molar-refractivity contribution in [2.75, 3.05) is 0 Å². The van der Waals surface area contributed by atoms with E-state index in [4.69, 9.17) is 10.2 Å². The van der Waals surface area contributed by atoms with Gasteiger partial charge in [0.2, 0.25) is 5.91 Å². The van der Waals surface area contributed by atoms with E-state index in [1.165, 1.54) is 103 Å². The Morgan fingerprint density at radius 1 is 0.576 bits per heavy atom. The molecule has 1 amide bonds. The molecule has 6 nitrogen and oxygen atoms in total. The quantitative estimate of drug-likeness (QED) is 0.122. The number of amides is 1. The van der Waals surface area contributed by atoms with Crippen molar-refractivity contribution in [2.45, 2.75) is 154 Å². The van der Waals surface area contributed by atoms with Crippen molar-refractivity contribution in [3.63, 3.8) is 0 Å². The first-order valence-electron chi connectivity index (χ1n) is 13.7. The normalized spacial score (nSPS) is 11.9. The van der Waals surface area contributed by atoms with Crippen molar-refractivity contribution in [1.82, 2.24) is 5.32 Å². The summed E-state index contributed by atoms with van der Waals surface area (Å²) < 4.78 is 0. The molecule has 3 N–H and O–H groups in total. The van der Waals surface area contributed by atoms with Crippen molar-refractivity contribution in [1.29, 1.82) is 0 Å². The van der Waals surface area contributed by atoms with Crippen LogP contribution in [0.3, 0.4) is 0 Å². The third kappa shape index (κ3) is 23.4. The predicted octanol–water partition coefficient (Wildman–Crippen LogP) is 7.24. The second-order valence-electron chi connectivity index (χ2n) is 9.50. The molecule has 0 aromatic heterocycles. The van der Waals surface area contributed by atoms with Gasteiger partial charge in [-0.25, -0.2) is 4.79 Å². The molecule has 1 atom stereocenters. The predicted molar refractivity (Wildman–Crippen MR) is 134 cm³/mol. The van der Waals surface area contributed by atoms with Gasteiger partial charge in [-0.2, -0.15) is 0 Å². The number of hydrogen-bond acceptors (Lipinski definition) is 3. The maximum absolute atomic E-state index is 11.9. The molecule has 0 bridgehead atoms. The summed E-state index contributed by atoms with van der Waals surface area (Å²) in [5, 5.41) is 20.1. The zero-order chi connectivity index (χ0) is 24.6. The van der Waals surface area contributed by atoms with Crippen LogP contribution in [0.4, 0.5) is 0 Å². The summed E-state index contributed by atoms with van der Waals surface area (Å²) in [6.07, 6.45) is 24.6. The Morgan fingerprint density at radius 2 is 0.939 bits per heavy atom. The molecule has 0 spiro atoms. The van der Waals surface area contributed by atoms with Crippen molar-refractivity contribution < 1.29 is 24.6 Å². The van der Waals surface area contributed by atoms with Gasteiger partial charge in [0.15, 0.2) is 0 Å². The number of hydrogen-bond donors (Lipinski definition) is 3. The highest BCUT2D eigenvalue weighted by Gasteiger charge is 2.20. The number of rotatable bonds is 25. The summed E-state index contributed by atoms with van der Waals surface area (Å²) in [4.78, 5) is 33.5. The molecule has 0 radical (unpaired) electrons. The molecule has 6 heteroatoms. The van der Waals surface area contributed by atoms with E-state index >= 15 is 0 Å². The highest BCUT2D eigenvalue weighted by atomic mass is 16.4. The van der Waals surface area contributed by atoms with Gasteiger partial charge < -0.3 is 15.5 Å². The van der Waals surface area contributed by atoms with E-state index in [1.807, 2.05) is 0 Å². The van der Waals surface area contributed by atoms with Crippen molar-refractivity contribution in [2.24, 2.45) is 0 Å². The van der Waals surface area contributed by atoms with Crippen molar-refractivity contribution >= 4 is 17.8 Å². The molecule has 0 heterocycles. The minimum absolute atomic E-state index is 0.0877. The molecule has 0 aliphatic rings. The molecular formula is C27H51NO5. The van der Waals surface area contributed by atoms with Crippen molar-refractivity contribution in [3.05, 3.63) is 0 Å². The minimum atomic E-state index is -1.18. The Kier molecular flexibility index (Phi) is 22.4. The van der Waals surface area contributed by atoms with E-state index in [2.05, 4.69) is 12.2 Å². The number of carboxylic acids is 2. The molecule has 0 rings (SSSR count). The third-order valence-corrected chi connectivity index (χ3v) is 6.29. The van der Waals surface area contributed by atoms with Crippen LogP contribution < -0.4 is 5.32 Å². The maximum Gasteiger partial charge on any atom is 0.326 e. The lowest BCUT2D eigenvalue weighted by Gasteiger charge is -2.13. The van der Waals surface area contributed by atoms with E-state index in [9.17, 15) is 14.4 Å². The van der Waals surface area contributed by atoms with E-state index in [0.717, 1.165) is 19.3 Å². The molecular weight excluding hydrogens is 418 g/mol. The van der Waals surface area contributed by atoms with Crippen LogP contribution in [0.15, 0.2) is 0 Å². The van der Waals surface area contributed by atoms with Crippen LogP contribution in [0.25, 0.3) is 0 Å². The van der Waals surface area contributed by atoms with Gasteiger partial charge in [-0.15, -0.1) is 0 Å².